The second-order valence-electron chi connectivity index (χ2n) is 7.21. The van der Waals surface area contributed by atoms with Gasteiger partial charge in [0.1, 0.15) is 5.75 Å². The number of benzene rings is 2. The number of ether oxygens (including phenoxy) is 1. The van der Waals surface area contributed by atoms with E-state index in [9.17, 15) is 4.79 Å². The number of halogens is 1. The van der Waals surface area contributed by atoms with Crippen LogP contribution in [0.2, 0.25) is 5.02 Å². The van der Waals surface area contributed by atoms with Gasteiger partial charge < -0.3 is 10.1 Å². The molecule has 150 valence electrons. The summed E-state index contributed by atoms with van der Waals surface area (Å²) >= 11 is 6.17. The van der Waals surface area contributed by atoms with Crippen LogP contribution in [0.3, 0.4) is 0 Å². The van der Waals surface area contributed by atoms with Crippen molar-refractivity contribution in [2.45, 2.75) is 26.4 Å². The van der Waals surface area contributed by atoms with E-state index in [0.29, 0.717) is 29.0 Å². The Bertz CT molecular complexity index is 1080. The number of aromatic amines is 1. The van der Waals surface area contributed by atoms with Crippen LogP contribution >= 0.6 is 11.6 Å². The van der Waals surface area contributed by atoms with Gasteiger partial charge in [-0.2, -0.15) is 0 Å². The summed E-state index contributed by atoms with van der Waals surface area (Å²) in [5.74, 6) is 1.00. The van der Waals surface area contributed by atoms with Crippen LogP contribution in [0, 0.1) is 6.92 Å². The van der Waals surface area contributed by atoms with Gasteiger partial charge >= 0.3 is 0 Å². The Morgan fingerprint density at radius 1 is 1.28 bits per heavy atom. The quantitative estimate of drug-likeness (QED) is 0.664. The molecule has 3 aromatic rings. The Balaban J connectivity index is 1.56. The Hall–Kier alpha value is -2.83. The monoisotopic (exact) mass is 410 g/mol. The summed E-state index contributed by atoms with van der Waals surface area (Å²) in [6, 6.07) is 13.9. The number of anilines is 2. The molecule has 2 N–H and O–H groups in total. The summed E-state index contributed by atoms with van der Waals surface area (Å²) in [4.78, 5) is 22.5. The van der Waals surface area contributed by atoms with Crippen molar-refractivity contribution in [3.05, 3.63) is 80.2 Å². The van der Waals surface area contributed by atoms with Crippen LogP contribution in [0.5, 0.6) is 5.75 Å². The minimum absolute atomic E-state index is 0.111. The summed E-state index contributed by atoms with van der Waals surface area (Å²) < 4.78 is 5.39. The smallest absolute Gasteiger partial charge is 0.257 e. The van der Waals surface area contributed by atoms with Crippen LogP contribution < -0.4 is 15.6 Å². The molecule has 0 bridgehead atoms. The number of aromatic nitrogens is 2. The van der Waals surface area contributed by atoms with Crippen LogP contribution in [0.15, 0.2) is 47.3 Å². The number of H-pyrrole nitrogens is 1. The molecule has 0 spiro atoms. The molecule has 1 aromatic heterocycles. The molecule has 29 heavy (non-hydrogen) atoms. The van der Waals surface area contributed by atoms with Crippen molar-refractivity contribution in [1.29, 1.82) is 0 Å². The third-order valence-electron chi connectivity index (χ3n) is 5.13. The second-order valence-corrected chi connectivity index (χ2v) is 7.62. The third-order valence-corrected chi connectivity index (χ3v) is 5.54. The molecule has 2 heterocycles. The van der Waals surface area contributed by atoms with Gasteiger partial charge in [0, 0.05) is 37.1 Å². The SMILES string of the molecule is COc1cc(Cl)c(C)cc1Nc1nc2c(c(=O)[nH]1)CN(Cc1ccccc1)CC2. The standard InChI is InChI=1S/C22H23ClN4O2/c1-14-10-19(20(29-2)11-17(14)23)25-22-24-18-8-9-27(13-16(18)21(28)26-22)12-15-6-4-3-5-7-15/h3-7,10-11H,8-9,12-13H2,1-2H3,(H2,24,25,26,28). The summed E-state index contributed by atoms with van der Waals surface area (Å²) in [7, 11) is 1.58. The Morgan fingerprint density at radius 2 is 2.07 bits per heavy atom. The average Bonchev–Trinajstić information content (AvgIpc) is 2.72. The van der Waals surface area contributed by atoms with Crippen molar-refractivity contribution >= 4 is 23.2 Å². The molecule has 7 heteroatoms. The van der Waals surface area contributed by atoms with E-state index in [1.54, 1.807) is 13.2 Å². The first-order chi connectivity index (χ1) is 14.0. The fraction of sp³-hybridized carbons (Fsp3) is 0.273. The van der Waals surface area contributed by atoms with E-state index in [2.05, 4.69) is 32.3 Å². The number of nitrogens with zero attached hydrogens (tertiary/aromatic N) is 2. The Labute approximate surface area is 174 Å². The number of rotatable bonds is 5. The summed E-state index contributed by atoms with van der Waals surface area (Å²) in [6.45, 7) is 4.19. The predicted molar refractivity (Wildman–Crippen MR) is 115 cm³/mol. The maximum atomic E-state index is 12.7. The van der Waals surface area contributed by atoms with Gasteiger partial charge in [0.2, 0.25) is 5.95 Å². The number of hydrogen-bond donors (Lipinski definition) is 2. The molecular weight excluding hydrogens is 388 g/mol. The molecule has 0 amide bonds. The normalized spacial score (nSPS) is 13.8. The summed E-state index contributed by atoms with van der Waals surface area (Å²) in [5.41, 5.74) is 4.32. The van der Waals surface area contributed by atoms with Crippen LogP contribution in [-0.2, 0) is 19.5 Å². The zero-order valence-electron chi connectivity index (χ0n) is 16.5. The molecule has 2 aromatic carbocycles. The molecule has 0 saturated heterocycles. The number of hydrogen-bond acceptors (Lipinski definition) is 5. The van der Waals surface area contributed by atoms with E-state index in [4.69, 9.17) is 16.3 Å². The average molecular weight is 411 g/mol. The summed E-state index contributed by atoms with van der Waals surface area (Å²) in [6.07, 6.45) is 0.734. The van der Waals surface area contributed by atoms with E-state index >= 15 is 0 Å². The van der Waals surface area contributed by atoms with Crippen molar-refractivity contribution in [3.8, 4) is 5.75 Å². The molecule has 0 aliphatic carbocycles. The number of aryl methyl sites for hydroxylation is 1. The van der Waals surface area contributed by atoms with Gasteiger partial charge in [0.25, 0.3) is 5.56 Å². The van der Waals surface area contributed by atoms with E-state index < -0.39 is 0 Å². The van der Waals surface area contributed by atoms with Crippen molar-refractivity contribution in [1.82, 2.24) is 14.9 Å². The Morgan fingerprint density at radius 3 is 2.83 bits per heavy atom. The first-order valence-electron chi connectivity index (χ1n) is 9.53. The fourth-order valence-electron chi connectivity index (χ4n) is 3.57. The van der Waals surface area contributed by atoms with E-state index in [1.807, 2.05) is 31.2 Å². The number of fused-ring (bicyclic) bond motifs is 1. The molecular formula is C22H23ClN4O2. The maximum absolute atomic E-state index is 12.7. The zero-order chi connectivity index (χ0) is 20.4. The van der Waals surface area contributed by atoms with E-state index in [1.165, 1.54) is 5.56 Å². The van der Waals surface area contributed by atoms with Gasteiger partial charge in [-0.25, -0.2) is 4.98 Å². The van der Waals surface area contributed by atoms with Crippen LogP contribution in [0.1, 0.15) is 22.4 Å². The lowest BCUT2D eigenvalue weighted by Crippen LogP contribution is -2.35. The van der Waals surface area contributed by atoms with Crippen LogP contribution in [-0.4, -0.2) is 28.5 Å². The van der Waals surface area contributed by atoms with Crippen molar-refractivity contribution in [3.63, 3.8) is 0 Å². The molecule has 0 saturated carbocycles. The minimum atomic E-state index is -0.111. The first-order valence-corrected chi connectivity index (χ1v) is 9.91. The lowest BCUT2D eigenvalue weighted by Gasteiger charge is -2.27. The predicted octanol–water partition coefficient (Wildman–Crippen LogP) is 4.04. The number of nitrogens with one attached hydrogen (secondary N) is 2. The van der Waals surface area contributed by atoms with Gasteiger partial charge in [-0.05, 0) is 24.1 Å². The van der Waals surface area contributed by atoms with Gasteiger partial charge in [0.15, 0.2) is 0 Å². The maximum Gasteiger partial charge on any atom is 0.257 e. The third kappa shape index (κ3) is 4.28. The topological polar surface area (TPSA) is 70.2 Å². The van der Waals surface area contributed by atoms with E-state index in [0.717, 1.165) is 36.3 Å². The van der Waals surface area contributed by atoms with Crippen molar-refractivity contribution in [2.75, 3.05) is 19.0 Å². The molecule has 0 fully saturated rings. The molecule has 1 aliphatic rings. The molecule has 0 radical (unpaired) electrons. The van der Waals surface area contributed by atoms with Crippen molar-refractivity contribution < 1.29 is 4.74 Å². The first kappa shape index (κ1) is 19.5. The fourth-order valence-corrected chi connectivity index (χ4v) is 3.73. The van der Waals surface area contributed by atoms with Gasteiger partial charge in [-0.1, -0.05) is 41.9 Å². The van der Waals surface area contributed by atoms with E-state index in [-0.39, 0.29) is 5.56 Å². The highest BCUT2D eigenvalue weighted by Gasteiger charge is 2.21. The largest absolute Gasteiger partial charge is 0.495 e. The summed E-state index contributed by atoms with van der Waals surface area (Å²) in [5, 5.41) is 3.79. The molecule has 0 atom stereocenters. The molecule has 4 rings (SSSR count). The van der Waals surface area contributed by atoms with Crippen molar-refractivity contribution in [2.24, 2.45) is 0 Å². The van der Waals surface area contributed by atoms with Crippen LogP contribution in [0.25, 0.3) is 0 Å². The van der Waals surface area contributed by atoms with Gasteiger partial charge in [0.05, 0.1) is 24.1 Å². The van der Waals surface area contributed by atoms with Gasteiger partial charge in [-0.15, -0.1) is 0 Å². The second kappa shape index (κ2) is 8.27. The highest BCUT2D eigenvalue weighted by Crippen LogP contribution is 2.32. The van der Waals surface area contributed by atoms with Gasteiger partial charge in [-0.3, -0.25) is 14.7 Å². The minimum Gasteiger partial charge on any atom is -0.495 e. The Kier molecular flexibility index (Phi) is 5.56. The number of methoxy groups -OCH3 is 1. The molecule has 6 nitrogen and oxygen atoms in total. The highest BCUT2D eigenvalue weighted by molar-refractivity contribution is 6.31. The van der Waals surface area contributed by atoms with Crippen LogP contribution in [0.4, 0.5) is 11.6 Å². The lowest BCUT2D eigenvalue weighted by atomic mass is 10.1. The molecule has 0 unspecified atom stereocenters. The highest BCUT2D eigenvalue weighted by atomic mass is 35.5. The zero-order valence-corrected chi connectivity index (χ0v) is 17.2. The molecule has 1 aliphatic heterocycles. The lowest BCUT2D eigenvalue weighted by molar-refractivity contribution is 0.242.